The van der Waals surface area contributed by atoms with Gasteiger partial charge in [-0.3, -0.25) is 4.79 Å². The minimum Gasteiger partial charge on any atom is -0.398 e. The number of nitrogens with two attached hydrogens (primary N) is 1. The normalized spacial score (nSPS) is 10.5. The molecule has 3 N–H and O–H groups in total. The zero-order valence-electron chi connectivity index (χ0n) is 11.5. The highest BCUT2D eigenvalue weighted by atomic mass is 16.1. The average Bonchev–Trinajstić information content (AvgIpc) is 2.93. The molecule has 1 aromatic heterocycles. The summed E-state index contributed by atoms with van der Waals surface area (Å²) in [7, 11) is 0. The molecule has 4 nitrogen and oxygen atoms in total. The first-order valence-corrected chi connectivity index (χ1v) is 6.53. The summed E-state index contributed by atoms with van der Waals surface area (Å²) in [5.41, 5.74) is 9.52. The molecule has 0 bridgehead atoms. The zero-order chi connectivity index (χ0) is 15.0. The Balaban J connectivity index is 2.24. The van der Waals surface area contributed by atoms with E-state index in [2.05, 4.69) is 11.1 Å². The van der Waals surface area contributed by atoms with Crippen molar-refractivity contribution in [2.75, 3.05) is 5.73 Å². The van der Waals surface area contributed by atoms with Gasteiger partial charge in [-0.05, 0) is 30.7 Å². The van der Waals surface area contributed by atoms with Gasteiger partial charge in [0.15, 0.2) is 5.78 Å². The average molecular weight is 275 g/mol. The van der Waals surface area contributed by atoms with Crippen LogP contribution in [0, 0.1) is 18.3 Å². The summed E-state index contributed by atoms with van der Waals surface area (Å²) in [6, 6.07) is 12.8. The van der Waals surface area contributed by atoms with Crippen LogP contribution in [0.15, 0.2) is 42.6 Å². The smallest absolute Gasteiger partial charge is 0.197 e. The summed E-state index contributed by atoms with van der Waals surface area (Å²) < 4.78 is 0. The molecule has 0 radical (unpaired) electrons. The highest BCUT2D eigenvalue weighted by Gasteiger charge is 2.19. The molecule has 0 aliphatic rings. The van der Waals surface area contributed by atoms with E-state index >= 15 is 0 Å². The number of carbonyl (C=O) groups is 1. The van der Waals surface area contributed by atoms with Crippen molar-refractivity contribution in [2.45, 2.75) is 6.92 Å². The van der Waals surface area contributed by atoms with Crippen LogP contribution in [-0.4, -0.2) is 10.8 Å². The minimum atomic E-state index is -0.176. The number of nitrogen functional groups attached to an aromatic ring is 1. The lowest BCUT2D eigenvalue weighted by atomic mass is 9.97. The number of ketones is 1. The molecule has 0 unspecified atom stereocenters. The van der Waals surface area contributed by atoms with E-state index in [-0.39, 0.29) is 5.78 Å². The molecule has 4 heteroatoms. The number of nitriles is 1. The fourth-order valence-corrected chi connectivity index (χ4v) is 2.48. The van der Waals surface area contributed by atoms with E-state index in [1.807, 2.05) is 19.1 Å². The van der Waals surface area contributed by atoms with Crippen LogP contribution >= 0.6 is 0 Å². The van der Waals surface area contributed by atoms with Crippen LogP contribution in [-0.2, 0) is 0 Å². The monoisotopic (exact) mass is 275 g/mol. The van der Waals surface area contributed by atoms with Crippen LogP contribution in [0.1, 0.15) is 27.0 Å². The quantitative estimate of drug-likeness (QED) is 0.556. The van der Waals surface area contributed by atoms with Crippen LogP contribution < -0.4 is 5.73 Å². The summed E-state index contributed by atoms with van der Waals surface area (Å²) in [5.74, 6) is -0.176. The molecule has 3 aromatic rings. The maximum Gasteiger partial charge on any atom is 0.197 e. The summed E-state index contributed by atoms with van der Waals surface area (Å²) in [6.45, 7) is 1.86. The maximum atomic E-state index is 12.8. The highest BCUT2D eigenvalue weighted by molar-refractivity contribution is 6.19. The van der Waals surface area contributed by atoms with Crippen LogP contribution in [0.3, 0.4) is 0 Å². The third-order valence-corrected chi connectivity index (χ3v) is 3.64. The van der Waals surface area contributed by atoms with E-state index in [1.54, 1.807) is 30.5 Å². The molecule has 0 spiro atoms. The number of nitrogens with zero attached hydrogens (tertiary/aromatic N) is 1. The number of benzene rings is 2. The van der Waals surface area contributed by atoms with Gasteiger partial charge in [-0.15, -0.1) is 0 Å². The number of para-hydroxylation sites is 1. The second-order valence-corrected chi connectivity index (χ2v) is 4.91. The first kappa shape index (κ1) is 12.9. The van der Waals surface area contributed by atoms with Gasteiger partial charge in [-0.25, -0.2) is 0 Å². The molecule has 2 aromatic carbocycles. The molecule has 0 aliphatic heterocycles. The second-order valence-electron chi connectivity index (χ2n) is 4.91. The summed E-state index contributed by atoms with van der Waals surface area (Å²) in [4.78, 5) is 15.8. The van der Waals surface area contributed by atoms with Crippen molar-refractivity contribution < 1.29 is 4.79 Å². The molecule has 1 heterocycles. The Morgan fingerprint density at radius 3 is 2.71 bits per heavy atom. The molecular formula is C17H13N3O. The Hall–Kier alpha value is -3.06. The van der Waals surface area contributed by atoms with Gasteiger partial charge >= 0.3 is 0 Å². The van der Waals surface area contributed by atoms with Crippen LogP contribution in [0.4, 0.5) is 5.69 Å². The van der Waals surface area contributed by atoms with Crippen molar-refractivity contribution in [2.24, 2.45) is 0 Å². The third-order valence-electron chi connectivity index (χ3n) is 3.64. The van der Waals surface area contributed by atoms with E-state index < -0.39 is 0 Å². The fraction of sp³-hybridized carbons (Fsp3) is 0.0588. The number of aromatic nitrogens is 1. The van der Waals surface area contributed by atoms with Gasteiger partial charge in [0.25, 0.3) is 0 Å². The van der Waals surface area contributed by atoms with Gasteiger partial charge in [0, 0.05) is 33.9 Å². The predicted octanol–water partition coefficient (Wildman–Crippen LogP) is 3.16. The molecule has 3 rings (SSSR count). The Morgan fingerprint density at radius 1 is 1.19 bits per heavy atom. The molecule has 0 aliphatic carbocycles. The summed E-state index contributed by atoms with van der Waals surface area (Å²) in [5, 5.41) is 9.87. The van der Waals surface area contributed by atoms with Gasteiger partial charge in [0.1, 0.15) is 0 Å². The van der Waals surface area contributed by atoms with Crippen molar-refractivity contribution in [3.05, 3.63) is 64.8 Å². The van der Waals surface area contributed by atoms with Crippen molar-refractivity contribution in [3.8, 4) is 6.07 Å². The Kier molecular flexibility index (Phi) is 2.96. The van der Waals surface area contributed by atoms with E-state index in [9.17, 15) is 10.1 Å². The van der Waals surface area contributed by atoms with Gasteiger partial charge < -0.3 is 10.7 Å². The Labute approximate surface area is 121 Å². The first-order valence-electron chi connectivity index (χ1n) is 6.53. The van der Waals surface area contributed by atoms with Crippen molar-refractivity contribution in [3.63, 3.8) is 0 Å². The Morgan fingerprint density at radius 2 is 1.95 bits per heavy atom. The number of hydrogen-bond donors (Lipinski definition) is 2. The predicted molar refractivity (Wildman–Crippen MR) is 82.0 cm³/mol. The lowest BCUT2D eigenvalue weighted by molar-refractivity contribution is 0.104. The van der Waals surface area contributed by atoms with E-state index in [1.165, 1.54) is 0 Å². The number of carbonyl (C=O) groups excluding carboxylic acids is 1. The molecular weight excluding hydrogens is 262 g/mol. The SMILES string of the molecule is Cc1cccc(C(=O)c2c[nH]c3cccc(C#N)c23)c1N. The van der Waals surface area contributed by atoms with E-state index in [0.29, 0.717) is 27.8 Å². The zero-order valence-corrected chi connectivity index (χ0v) is 11.5. The molecule has 0 saturated carbocycles. The lowest BCUT2D eigenvalue weighted by Gasteiger charge is -2.07. The van der Waals surface area contributed by atoms with Gasteiger partial charge in [0.2, 0.25) is 0 Å². The number of H-pyrrole nitrogens is 1. The molecule has 0 amide bonds. The Bertz CT molecular complexity index is 900. The molecule has 0 fully saturated rings. The standard InChI is InChI=1S/C17H13N3O/c1-10-4-2-6-12(16(10)19)17(21)13-9-20-14-7-3-5-11(8-18)15(13)14/h2-7,9,20H,19H2,1H3. The molecule has 0 atom stereocenters. The number of fused-ring (bicyclic) bond motifs is 1. The van der Waals surface area contributed by atoms with Crippen molar-refractivity contribution >= 4 is 22.4 Å². The number of aryl methyl sites for hydroxylation is 1. The fourth-order valence-electron chi connectivity index (χ4n) is 2.48. The largest absolute Gasteiger partial charge is 0.398 e. The minimum absolute atomic E-state index is 0.176. The molecule has 102 valence electrons. The van der Waals surface area contributed by atoms with Crippen LogP contribution in [0.25, 0.3) is 10.9 Å². The number of hydrogen-bond acceptors (Lipinski definition) is 3. The summed E-state index contributed by atoms with van der Waals surface area (Å²) in [6.07, 6.45) is 1.63. The van der Waals surface area contributed by atoms with Gasteiger partial charge in [0.05, 0.1) is 11.6 Å². The third kappa shape index (κ3) is 1.96. The van der Waals surface area contributed by atoms with Crippen molar-refractivity contribution in [1.29, 1.82) is 5.26 Å². The second kappa shape index (κ2) is 4.80. The lowest BCUT2D eigenvalue weighted by Crippen LogP contribution is -2.06. The van der Waals surface area contributed by atoms with Crippen LogP contribution in [0.5, 0.6) is 0 Å². The number of nitrogens with one attached hydrogen (secondary N) is 1. The van der Waals surface area contributed by atoms with Crippen molar-refractivity contribution in [1.82, 2.24) is 4.98 Å². The summed E-state index contributed by atoms with van der Waals surface area (Å²) >= 11 is 0. The number of anilines is 1. The topological polar surface area (TPSA) is 82.7 Å². The number of rotatable bonds is 2. The first-order chi connectivity index (χ1) is 10.1. The van der Waals surface area contributed by atoms with Gasteiger partial charge in [-0.1, -0.05) is 18.2 Å². The highest BCUT2D eigenvalue weighted by Crippen LogP contribution is 2.27. The maximum absolute atomic E-state index is 12.8. The van der Waals surface area contributed by atoms with Gasteiger partial charge in [-0.2, -0.15) is 5.26 Å². The van der Waals surface area contributed by atoms with E-state index in [4.69, 9.17) is 5.73 Å². The molecule has 21 heavy (non-hydrogen) atoms. The number of aromatic amines is 1. The molecule has 0 saturated heterocycles. The van der Waals surface area contributed by atoms with Crippen LogP contribution in [0.2, 0.25) is 0 Å². The van der Waals surface area contributed by atoms with E-state index in [0.717, 1.165) is 11.1 Å².